The number of carbonyl (C=O) groups excluding carboxylic acids is 1. The lowest BCUT2D eigenvalue weighted by Gasteiger charge is -2.54. The van der Waals surface area contributed by atoms with Crippen molar-refractivity contribution in [2.24, 2.45) is 5.92 Å². The summed E-state index contributed by atoms with van der Waals surface area (Å²) in [6.45, 7) is 3.90. The van der Waals surface area contributed by atoms with Crippen molar-refractivity contribution in [3.8, 4) is 0 Å². The zero-order valence-electron chi connectivity index (χ0n) is 20.9. The third-order valence-corrected chi connectivity index (χ3v) is 13.3. The second-order valence-corrected chi connectivity index (χ2v) is 14.3. The number of methoxy groups -OCH3 is 1. The molecule has 0 aromatic rings. The van der Waals surface area contributed by atoms with Crippen LogP contribution in [-0.2, 0) is 28.5 Å². The van der Waals surface area contributed by atoms with Crippen molar-refractivity contribution in [2.45, 2.75) is 114 Å². The first-order valence-corrected chi connectivity index (χ1v) is 15.9. The molecule has 3 unspecified atom stereocenters. The van der Waals surface area contributed by atoms with Crippen LogP contribution in [0.5, 0.6) is 0 Å². The number of Topliss-reactive ketones (excluding diaryl/α,β-unsaturated/α-hetero) is 1. The molecule has 0 spiro atoms. The number of carbonyl (C=O) groups is 1. The van der Waals surface area contributed by atoms with E-state index in [-0.39, 0.29) is 12.2 Å². The number of ketones is 1. The minimum atomic E-state index is -4.49. The standard InChI is InChI=1S/C23H46O7SSi/c1-6-8-9-10-11-12-13-14-15-18-21(24)20-17-16-19-32(29-4,30-5)23(20,28-3)22(7-2)31(25,26)27/h20,22H,6-19H2,1-5H3,(H,25,26,27). The van der Waals surface area contributed by atoms with Crippen LogP contribution in [0.4, 0.5) is 0 Å². The van der Waals surface area contributed by atoms with Gasteiger partial charge in [0.25, 0.3) is 10.1 Å². The number of rotatable bonds is 17. The summed E-state index contributed by atoms with van der Waals surface area (Å²) >= 11 is 0. The van der Waals surface area contributed by atoms with E-state index in [1.807, 2.05) is 0 Å². The van der Waals surface area contributed by atoms with Crippen LogP contribution < -0.4 is 0 Å². The molecule has 32 heavy (non-hydrogen) atoms. The van der Waals surface area contributed by atoms with E-state index in [9.17, 15) is 17.8 Å². The summed E-state index contributed by atoms with van der Waals surface area (Å²) < 4.78 is 52.6. The molecule has 0 radical (unpaired) electrons. The minimum absolute atomic E-state index is 0.0115. The minimum Gasteiger partial charge on any atom is -0.396 e. The molecule has 3 atom stereocenters. The molecule has 1 heterocycles. The smallest absolute Gasteiger partial charge is 0.372 e. The molecule has 1 rings (SSSR count). The summed E-state index contributed by atoms with van der Waals surface area (Å²) in [7, 11) is -3.37. The van der Waals surface area contributed by atoms with E-state index in [4.69, 9.17) is 13.6 Å². The van der Waals surface area contributed by atoms with Crippen molar-refractivity contribution < 1.29 is 31.4 Å². The van der Waals surface area contributed by atoms with Gasteiger partial charge in [-0.05, 0) is 25.3 Å². The second-order valence-electron chi connectivity index (χ2n) is 9.06. The van der Waals surface area contributed by atoms with E-state index >= 15 is 0 Å². The highest BCUT2D eigenvalue weighted by Crippen LogP contribution is 2.49. The zero-order valence-corrected chi connectivity index (χ0v) is 22.7. The van der Waals surface area contributed by atoms with Gasteiger partial charge in [0.05, 0.1) is 5.92 Å². The van der Waals surface area contributed by atoms with Crippen LogP contribution in [0.1, 0.15) is 97.3 Å². The Morgan fingerprint density at radius 3 is 1.97 bits per heavy atom. The van der Waals surface area contributed by atoms with Crippen LogP contribution in [0.3, 0.4) is 0 Å². The van der Waals surface area contributed by atoms with Gasteiger partial charge >= 0.3 is 8.56 Å². The van der Waals surface area contributed by atoms with Gasteiger partial charge < -0.3 is 13.6 Å². The lowest BCUT2D eigenvalue weighted by molar-refractivity contribution is -0.134. The summed E-state index contributed by atoms with van der Waals surface area (Å²) in [5, 5.41) is -2.75. The Morgan fingerprint density at radius 1 is 1.00 bits per heavy atom. The largest absolute Gasteiger partial charge is 0.396 e. The maximum atomic E-state index is 13.4. The SMILES string of the molecule is CCCCCCCCCCCC(=O)C1CCC[Si](OC)(OC)C1(OC)C(CC)S(=O)(=O)O. The van der Waals surface area contributed by atoms with Crippen LogP contribution in [-0.4, -0.2) is 59.1 Å². The molecular weight excluding hydrogens is 448 g/mol. The predicted molar refractivity (Wildman–Crippen MR) is 130 cm³/mol. The Bertz CT molecular complexity index is 651. The molecule has 0 aromatic heterocycles. The molecule has 0 aromatic carbocycles. The summed E-state index contributed by atoms with van der Waals surface area (Å²) in [6.07, 6.45) is 12.1. The lowest BCUT2D eigenvalue weighted by atomic mass is 9.85. The summed E-state index contributed by atoms with van der Waals surface area (Å²) in [5.41, 5.74) is 0. The molecule has 7 nitrogen and oxygen atoms in total. The number of unbranched alkanes of at least 4 members (excludes halogenated alkanes) is 8. The summed E-state index contributed by atoms with van der Waals surface area (Å²) in [5.74, 6) is -0.684. The van der Waals surface area contributed by atoms with Gasteiger partial charge in [-0.2, -0.15) is 8.42 Å². The van der Waals surface area contributed by atoms with Crippen LogP contribution >= 0.6 is 0 Å². The fourth-order valence-electron chi connectivity index (χ4n) is 5.64. The van der Waals surface area contributed by atoms with E-state index in [1.165, 1.54) is 59.9 Å². The second kappa shape index (κ2) is 14.2. The average Bonchev–Trinajstić information content (AvgIpc) is 2.77. The molecule has 0 bridgehead atoms. The highest BCUT2D eigenvalue weighted by atomic mass is 32.2. The Balaban J connectivity index is 2.94. The third-order valence-electron chi connectivity index (χ3n) is 7.23. The zero-order chi connectivity index (χ0) is 24.3. The van der Waals surface area contributed by atoms with Gasteiger partial charge in [-0.15, -0.1) is 0 Å². The van der Waals surface area contributed by atoms with Crippen LogP contribution in [0.25, 0.3) is 0 Å². The third kappa shape index (κ3) is 6.85. The number of hydrogen-bond donors (Lipinski definition) is 1. The Kier molecular flexibility index (Phi) is 13.1. The maximum Gasteiger partial charge on any atom is 0.372 e. The maximum absolute atomic E-state index is 13.4. The van der Waals surface area contributed by atoms with Gasteiger partial charge in [0.2, 0.25) is 0 Å². The van der Waals surface area contributed by atoms with E-state index in [0.717, 1.165) is 19.3 Å². The quantitative estimate of drug-likeness (QED) is 0.168. The monoisotopic (exact) mass is 494 g/mol. The molecule has 1 N–H and O–H groups in total. The Labute approximate surface area is 197 Å². The van der Waals surface area contributed by atoms with Gasteiger partial charge in [0.1, 0.15) is 16.3 Å². The van der Waals surface area contributed by atoms with Crippen LogP contribution in [0.15, 0.2) is 0 Å². The molecule has 190 valence electrons. The molecule has 0 aliphatic carbocycles. The van der Waals surface area contributed by atoms with Crippen molar-refractivity contribution in [3.63, 3.8) is 0 Å². The predicted octanol–water partition coefficient (Wildman–Crippen LogP) is 5.21. The number of hydrogen-bond acceptors (Lipinski definition) is 6. The van der Waals surface area contributed by atoms with Crippen LogP contribution in [0, 0.1) is 5.92 Å². The average molecular weight is 495 g/mol. The normalized spacial score (nSPS) is 24.4. The van der Waals surface area contributed by atoms with Gasteiger partial charge in [-0.1, -0.05) is 71.6 Å². The first-order valence-electron chi connectivity index (χ1n) is 12.3. The van der Waals surface area contributed by atoms with E-state index in [1.54, 1.807) is 6.92 Å². The highest BCUT2D eigenvalue weighted by Gasteiger charge is 2.70. The summed E-state index contributed by atoms with van der Waals surface area (Å²) in [6, 6.07) is 0.516. The molecule has 1 aliphatic rings. The summed E-state index contributed by atoms with van der Waals surface area (Å²) in [4.78, 5) is 13.4. The lowest BCUT2D eigenvalue weighted by Crippen LogP contribution is -2.75. The van der Waals surface area contributed by atoms with E-state index < -0.39 is 35.1 Å². The van der Waals surface area contributed by atoms with Gasteiger partial charge in [0.15, 0.2) is 0 Å². The molecule has 1 aliphatic heterocycles. The van der Waals surface area contributed by atoms with Gasteiger partial charge in [-0.3, -0.25) is 9.35 Å². The first-order chi connectivity index (χ1) is 15.2. The van der Waals surface area contributed by atoms with Crippen molar-refractivity contribution in [3.05, 3.63) is 0 Å². The molecule has 1 saturated heterocycles. The van der Waals surface area contributed by atoms with Gasteiger partial charge in [0, 0.05) is 27.8 Å². The molecule has 9 heteroatoms. The molecule has 1 fully saturated rings. The van der Waals surface area contributed by atoms with Crippen LogP contribution in [0.2, 0.25) is 6.04 Å². The highest BCUT2D eigenvalue weighted by molar-refractivity contribution is 7.86. The molecular formula is C23H46O7SSi. The van der Waals surface area contributed by atoms with Crippen molar-refractivity contribution >= 4 is 24.5 Å². The Morgan fingerprint density at radius 2 is 1.53 bits per heavy atom. The Hall–Kier alpha value is -0.323. The molecule has 0 saturated carbocycles. The first kappa shape index (κ1) is 29.7. The van der Waals surface area contributed by atoms with Gasteiger partial charge in [-0.25, -0.2) is 0 Å². The van der Waals surface area contributed by atoms with E-state index in [2.05, 4.69) is 6.92 Å². The van der Waals surface area contributed by atoms with Crippen molar-refractivity contribution in [2.75, 3.05) is 21.3 Å². The fourth-order valence-corrected chi connectivity index (χ4v) is 11.9. The van der Waals surface area contributed by atoms with Crippen molar-refractivity contribution in [1.29, 1.82) is 0 Å². The fraction of sp³-hybridized carbons (Fsp3) is 0.957. The topological polar surface area (TPSA) is 99.1 Å². The van der Waals surface area contributed by atoms with E-state index in [0.29, 0.717) is 25.3 Å². The molecule has 0 amide bonds. The number of ether oxygens (including phenoxy) is 1. The van der Waals surface area contributed by atoms with Crippen molar-refractivity contribution in [1.82, 2.24) is 0 Å².